The van der Waals surface area contributed by atoms with Crippen molar-refractivity contribution in [3.8, 4) is 5.75 Å². The lowest BCUT2D eigenvalue weighted by molar-refractivity contribution is 0.0745. The number of pyridine rings is 1. The molecule has 3 aromatic rings. The number of anilines is 1. The third-order valence-corrected chi connectivity index (χ3v) is 6.03. The van der Waals surface area contributed by atoms with E-state index < -0.39 is 0 Å². The second kappa shape index (κ2) is 6.95. The van der Waals surface area contributed by atoms with Gasteiger partial charge in [-0.1, -0.05) is 24.3 Å². The quantitative estimate of drug-likeness (QED) is 0.691. The van der Waals surface area contributed by atoms with Gasteiger partial charge in [0.25, 0.3) is 5.91 Å². The minimum atomic E-state index is -0.169. The molecule has 2 aromatic carbocycles. The van der Waals surface area contributed by atoms with Crippen molar-refractivity contribution in [1.82, 2.24) is 9.47 Å². The second-order valence-corrected chi connectivity index (χ2v) is 7.58. The molecule has 0 radical (unpaired) electrons. The van der Waals surface area contributed by atoms with Crippen molar-refractivity contribution in [2.75, 3.05) is 38.2 Å². The van der Waals surface area contributed by atoms with Gasteiger partial charge in [-0.2, -0.15) is 0 Å². The van der Waals surface area contributed by atoms with E-state index in [9.17, 15) is 9.59 Å². The van der Waals surface area contributed by atoms with Crippen LogP contribution in [0.3, 0.4) is 0 Å². The topological polar surface area (TPSA) is 54.8 Å². The van der Waals surface area contributed by atoms with Crippen LogP contribution in [0.15, 0.2) is 53.5 Å². The molecule has 1 aromatic heterocycles. The fourth-order valence-corrected chi connectivity index (χ4v) is 4.52. The highest BCUT2D eigenvalue weighted by Crippen LogP contribution is 2.29. The normalized spacial score (nSPS) is 15.8. The van der Waals surface area contributed by atoms with Crippen LogP contribution in [0.1, 0.15) is 15.9 Å². The Balaban J connectivity index is 1.40. The molecule has 3 heterocycles. The average molecular weight is 389 g/mol. The van der Waals surface area contributed by atoms with Crippen molar-refractivity contribution in [2.24, 2.45) is 0 Å². The van der Waals surface area contributed by atoms with Gasteiger partial charge in [0.15, 0.2) is 0 Å². The molecule has 0 spiro atoms. The summed E-state index contributed by atoms with van der Waals surface area (Å²) < 4.78 is 7.52. The highest BCUT2D eigenvalue weighted by molar-refractivity contribution is 5.98. The number of rotatable bonds is 3. The van der Waals surface area contributed by atoms with Crippen molar-refractivity contribution >= 4 is 22.5 Å². The van der Waals surface area contributed by atoms with Crippen LogP contribution in [0.4, 0.5) is 5.69 Å². The Morgan fingerprint density at radius 1 is 0.966 bits per heavy atom. The molecular formula is C23H23N3O3. The fraction of sp³-hybridized carbons (Fsp3) is 0.304. The molecule has 0 unspecified atom stereocenters. The number of methoxy groups -OCH3 is 1. The van der Waals surface area contributed by atoms with Gasteiger partial charge in [0.05, 0.1) is 18.3 Å². The lowest BCUT2D eigenvalue weighted by Crippen LogP contribution is -2.49. The SMILES string of the molecule is COc1ccccc1N1CCN(C(=O)c2cn3c4c(cccc4c2=O)CC3)CC1. The van der Waals surface area contributed by atoms with Gasteiger partial charge in [-0.25, -0.2) is 0 Å². The summed E-state index contributed by atoms with van der Waals surface area (Å²) in [5.74, 6) is 0.663. The molecule has 29 heavy (non-hydrogen) atoms. The molecule has 1 amide bonds. The predicted octanol–water partition coefficient (Wildman–Crippen LogP) is 2.53. The van der Waals surface area contributed by atoms with Crippen LogP contribution in [-0.2, 0) is 13.0 Å². The molecule has 2 aliphatic heterocycles. The predicted molar refractivity (Wildman–Crippen MR) is 113 cm³/mol. The van der Waals surface area contributed by atoms with Crippen LogP contribution in [0.25, 0.3) is 10.9 Å². The lowest BCUT2D eigenvalue weighted by atomic mass is 10.1. The van der Waals surface area contributed by atoms with E-state index in [1.807, 2.05) is 36.4 Å². The Kier molecular flexibility index (Phi) is 4.27. The number of piperazine rings is 1. The number of hydrogen-bond donors (Lipinski definition) is 0. The summed E-state index contributed by atoms with van der Waals surface area (Å²) in [5.41, 5.74) is 3.33. The van der Waals surface area contributed by atoms with Crippen molar-refractivity contribution in [1.29, 1.82) is 0 Å². The second-order valence-electron chi connectivity index (χ2n) is 7.58. The zero-order valence-corrected chi connectivity index (χ0v) is 16.4. The van der Waals surface area contributed by atoms with Gasteiger partial charge in [-0.15, -0.1) is 0 Å². The molecule has 2 aliphatic rings. The van der Waals surface area contributed by atoms with Crippen molar-refractivity contribution < 1.29 is 9.53 Å². The molecule has 0 atom stereocenters. The maximum absolute atomic E-state index is 13.2. The maximum Gasteiger partial charge on any atom is 0.259 e. The number of nitrogens with zero attached hydrogens (tertiary/aromatic N) is 3. The van der Waals surface area contributed by atoms with E-state index in [2.05, 4.69) is 15.5 Å². The number of ether oxygens (including phenoxy) is 1. The fourth-order valence-electron chi connectivity index (χ4n) is 4.52. The minimum absolute atomic E-state index is 0.155. The van der Waals surface area contributed by atoms with Crippen LogP contribution in [-0.4, -0.2) is 48.7 Å². The first kappa shape index (κ1) is 17.8. The van der Waals surface area contributed by atoms with Gasteiger partial charge in [0.2, 0.25) is 5.43 Å². The lowest BCUT2D eigenvalue weighted by Gasteiger charge is -2.36. The number of aryl methyl sites for hydroxylation is 2. The Hall–Kier alpha value is -3.28. The minimum Gasteiger partial charge on any atom is -0.495 e. The van der Waals surface area contributed by atoms with E-state index >= 15 is 0 Å². The first-order valence-corrected chi connectivity index (χ1v) is 9.99. The zero-order chi connectivity index (χ0) is 20.0. The van der Waals surface area contributed by atoms with Crippen LogP contribution in [0.2, 0.25) is 0 Å². The van der Waals surface area contributed by atoms with Crippen molar-refractivity contribution in [2.45, 2.75) is 13.0 Å². The largest absolute Gasteiger partial charge is 0.495 e. The Bertz CT molecular complexity index is 1160. The third kappa shape index (κ3) is 2.87. The van der Waals surface area contributed by atoms with Gasteiger partial charge in [0.1, 0.15) is 11.3 Å². The first-order valence-electron chi connectivity index (χ1n) is 9.99. The molecule has 148 valence electrons. The van der Waals surface area contributed by atoms with Gasteiger partial charge >= 0.3 is 0 Å². The maximum atomic E-state index is 13.2. The molecule has 6 heteroatoms. The molecule has 6 nitrogen and oxygen atoms in total. The zero-order valence-electron chi connectivity index (χ0n) is 16.4. The van der Waals surface area contributed by atoms with E-state index in [0.29, 0.717) is 31.6 Å². The summed E-state index contributed by atoms with van der Waals surface area (Å²) in [7, 11) is 1.67. The summed E-state index contributed by atoms with van der Waals surface area (Å²) in [6, 6.07) is 13.7. The van der Waals surface area contributed by atoms with Gasteiger partial charge in [0, 0.05) is 44.3 Å². The first-order chi connectivity index (χ1) is 14.2. The highest BCUT2D eigenvalue weighted by Gasteiger charge is 2.27. The summed E-state index contributed by atoms with van der Waals surface area (Å²) in [6.07, 6.45) is 2.67. The molecule has 0 saturated carbocycles. The van der Waals surface area contributed by atoms with Crippen LogP contribution in [0, 0.1) is 0 Å². The number of aromatic nitrogens is 1. The molecular weight excluding hydrogens is 366 g/mol. The van der Waals surface area contributed by atoms with E-state index in [1.54, 1.807) is 18.2 Å². The van der Waals surface area contributed by atoms with Crippen molar-refractivity contribution in [3.63, 3.8) is 0 Å². The van der Waals surface area contributed by atoms with E-state index in [4.69, 9.17) is 4.74 Å². The van der Waals surface area contributed by atoms with Gasteiger partial charge in [-0.05, 0) is 30.2 Å². The average Bonchev–Trinajstić information content (AvgIpc) is 3.20. The van der Waals surface area contributed by atoms with Gasteiger partial charge in [-0.3, -0.25) is 9.59 Å². The highest BCUT2D eigenvalue weighted by atomic mass is 16.5. The molecule has 0 bridgehead atoms. The smallest absolute Gasteiger partial charge is 0.259 e. The number of hydrogen-bond acceptors (Lipinski definition) is 4. The molecule has 5 rings (SSSR count). The standard InChI is InChI=1S/C23H23N3O3/c1-29-20-8-3-2-7-19(20)24-11-13-25(14-12-24)23(28)18-15-26-10-9-16-5-4-6-17(21(16)26)22(18)27/h2-8,15H,9-14H2,1H3. The summed E-state index contributed by atoms with van der Waals surface area (Å²) in [5, 5.41) is 0.651. The Morgan fingerprint density at radius 2 is 1.76 bits per heavy atom. The Morgan fingerprint density at radius 3 is 2.55 bits per heavy atom. The molecule has 1 saturated heterocycles. The summed E-state index contributed by atoms with van der Waals surface area (Å²) in [6.45, 7) is 3.39. The number of amides is 1. The van der Waals surface area contributed by atoms with Crippen LogP contribution >= 0.6 is 0 Å². The third-order valence-electron chi connectivity index (χ3n) is 6.03. The van der Waals surface area contributed by atoms with Crippen LogP contribution in [0.5, 0.6) is 5.75 Å². The summed E-state index contributed by atoms with van der Waals surface area (Å²) >= 11 is 0. The molecule has 0 aliphatic carbocycles. The van der Waals surface area contributed by atoms with E-state index in [1.165, 1.54) is 5.56 Å². The number of para-hydroxylation sites is 3. The Labute approximate surface area is 168 Å². The van der Waals surface area contributed by atoms with Crippen molar-refractivity contribution in [3.05, 3.63) is 70.0 Å². The number of carbonyl (C=O) groups excluding carboxylic acids is 1. The van der Waals surface area contributed by atoms with E-state index in [0.717, 1.165) is 29.9 Å². The number of benzene rings is 2. The van der Waals surface area contributed by atoms with Gasteiger partial charge < -0.3 is 19.1 Å². The molecule has 0 N–H and O–H groups in total. The summed E-state index contributed by atoms with van der Waals surface area (Å²) in [4.78, 5) is 30.2. The van der Waals surface area contributed by atoms with Crippen LogP contribution < -0.4 is 15.1 Å². The molecule has 1 fully saturated rings. The van der Waals surface area contributed by atoms with E-state index in [-0.39, 0.29) is 16.9 Å². The number of carbonyl (C=O) groups is 1. The monoisotopic (exact) mass is 389 g/mol.